The van der Waals surface area contributed by atoms with Crippen LogP contribution in [0.25, 0.3) is 0 Å². The molecular weight excluding hydrogens is 286 g/mol. The second-order valence-electron chi connectivity index (χ2n) is 5.77. The van der Waals surface area contributed by atoms with Crippen molar-refractivity contribution in [3.05, 3.63) is 29.3 Å². The van der Waals surface area contributed by atoms with E-state index in [4.69, 9.17) is 10.5 Å². The molecule has 0 aliphatic carbocycles. The molecule has 1 aromatic carbocycles. The van der Waals surface area contributed by atoms with Crippen LogP contribution in [0.4, 0.5) is 0 Å². The Kier molecular flexibility index (Phi) is 5.82. The highest BCUT2D eigenvalue weighted by atomic mass is 32.2. The topological polar surface area (TPSA) is 69.4 Å². The summed E-state index contributed by atoms with van der Waals surface area (Å²) in [6.07, 6.45) is 0. The molecule has 1 rings (SSSR count). The lowest BCUT2D eigenvalue weighted by Crippen LogP contribution is -2.32. The lowest BCUT2D eigenvalue weighted by Gasteiger charge is -2.19. The second kappa shape index (κ2) is 6.97. The van der Waals surface area contributed by atoms with E-state index in [0.29, 0.717) is 12.3 Å². The van der Waals surface area contributed by atoms with Crippen molar-refractivity contribution in [2.24, 2.45) is 5.73 Å². The van der Waals surface area contributed by atoms with Crippen molar-refractivity contribution in [2.45, 2.75) is 32.4 Å². The molecular formula is C16H23NO3S. The first-order chi connectivity index (χ1) is 9.67. The van der Waals surface area contributed by atoms with Gasteiger partial charge in [0.05, 0.1) is 17.0 Å². The Morgan fingerprint density at radius 2 is 1.95 bits per heavy atom. The minimum atomic E-state index is -3.16. The molecule has 116 valence electrons. The summed E-state index contributed by atoms with van der Waals surface area (Å²) < 4.78 is 28.8. The van der Waals surface area contributed by atoms with Crippen LogP contribution in [0.15, 0.2) is 18.2 Å². The molecule has 0 atom stereocenters. The van der Waals surface area contributed by atoms with Crippen LogP contribution in [0.2, 0.25) is 0 Å². The summed E-state index contributed by atoms with van der Waals surface area (Å²) in [4.78, 5) is 0. The molecule has 0 radical (unpaired) electrons. The van der Waals surface area contributed by atoms with Crippen LogP contribution in [0.3, 0.4) is 0 Å². The highest BCUT2D eigenvalue weighted by molar-refractivity contribution is 7.92. The Balaban J connectivity index is 2.69. The molecule has 0 spiro atoms. The Bertz CT molecular complexity index is 646. The highest BCUT2D eigenvalue weighted by Gasteiger charge is 2.28. The zero-order chi connectivity index (χ0) is 16.1. The second-order valence-corrected chi connectivity index (χ2v) is 8.63. The molecule has 21 heavy (non-hydrogen) atoms. The molecule has 0 fully saturated rings. The maximum Gasteiger partial charge on any atom is 0.158 e. The van der Waals surface area contributed by atoms with Crippen molar-refractivity contribution in [3.63, 3.8) is 0 Å². The average Bonchev–Trinajstić information content (AvgIpc) is 2.37. The van der Waals surface area contributed by atoms with Crippen LogP contribution in [0.1, 0.15) is 31.9 Å². The molecule has 0 aromatic heterocycles. The van der Waals surface area contributed by atoms with E-state index >= 15 is 0 Å². The number of ether oxygens (including phenoxy) is 1. The standard InChI is InChI=1S/C16H23NO3S/c1-13-12-14(6-5-9-17)7-8-15(13)20-10-11-21(18,19)16(2,3)4/h7-8,12H,9-11,17H2,1-4H3. The van der Waals surface area contributed by atoms with Crippen molar-refractivity contribution in [3.8, 4) is 17.6 Å². The summed E-state index contributed by atoms with van der Waals surface area (Å²) in [7, 11) is -3.16. The third kappa shape index (κ3) is 5.07. The minimum Gasteiger partial charge on any atom is -0.492 e. The minimum absolute atomic E-state index is 0.00463. The molecule has 4 nitrogen and oxygen atoms in total. The molecule has 0 aliphatic heterocycles. The van der Waals surface area contributed by atoms with E-state index in [2.05, 4.69) is 11.8 Å². The van der Waals surface area contributed by atoms with Gasteiger partial charge in [-0.1, -0.05) is 11.8 Å². The van der Waals surface area contributed by atoms with E-state index in [1.807, 2.05) is 19.1 Å². The van der Waals surface area contributed by atoms with Crippen molar-refractivity contribution >= 4 is 9.84 Å². The van der Waals surface area contributed by atoms with Gasteiger partial charge in [0, 0.05) is 5.56 Å². The SMILES string of the molecule is Cc1cc(C#CCN)ccc1OCCS(=O)(=O)C(C)(C)C. The zero-order valence-corrected chi connectivity index (χ0v) is 13.9. The summed E-state index contributed by atoms with van der Waals surface area (Å²) in [5, 5.41) is 0. The third-order valence-corrected chi connectivity index (χ3v) is 5.62. The number of hydrogen-bond acceptors (Lipinski definition) is 4. The van der Waals surface area contributed by atoms with Crippen LogP contribution in [0, 0.1) is 18.8 Å². The molecule has 0 aliphatic rings. The van der Waals surface area contributed by atoms with Crippen LogP contribution in [0.5, 0.6) is 5.75 Å². The Hall–Kier alpha value is -1.51. The van der Waals surface area contributed by atoms with Crippen molar-refractivity contribution in [2.75, 3.05) is 18.9 Å². The van der Waals surface area contributed by atoms with Gasteiger partial charge >= 0.3 is 0 Å². The number of hydrogen-bond donors (Lipinski definition) is 1. The van der Waals surface area contributed by atoms with E-state index in [1.165, 1.54) is 0 Å². The number of benzene rings is 1. The van der Waals surface area contributed by atoms with Gasteiger partial charge in [0.15, 0.2) is 9.84 Å². The van der Waals surface area contributed by atoms with Crippen LogP contribution < -0.4 is 10.5 Å². The predicted molar refractivity (Wildman–Crippen MR) is 86.1 cm³/mol. The fourth-order valence-corrected chi connectivity index (χ4v) is 2.52. The Morgan fingerprint density at radius 1 is 1.29 bits per heavy atom. The van der Waals surface area contributed by atoms with Crippen LogP contribution in [-0.2, 0) is 9.84 Å². The van der Waals surface area contributed by atoms with Gasteiger partial charge in [-0.25, -0.2) is 8.42 Å². The van der Waals surface area contributed by atoms with Gasteiger partial charge in [0.2, 0.25) is 0 Å². The van der Waals surface area contributed by atoms with Gasteiger partial charge in [-0.3, -0.25) is 0 Å². The molecule has 0 bridgehead atoms. The predicted octanol–water partition coefficient (Wildman–Crippen LogP) is 1.90. The third-order valence-electron chi connectivity index (χ3n) is 3.05. The Labute approximate surface area is 127 Å². The molecule has 0 saturated heterocycles. The van der Waals surface area contributed by atoms with Gasteiger partial charge < -0.3 is 10.5 Å². The first-order valence-corrected chi connectivity index (χ1v) is 8.47. The van der Waals surface area contributed by atoms with Crippen molar-refractivity contribution in [1.29, 1.82) is 0 Å². The highest BCUT2D eigenvalue weighted by Crippen LogP contribution is 2.20. The summed E-state index contributed by atoms with van der Waals surface area (Å²) in [6.45, 7) is 7.45. The normalized spacial score (nSPS) is 11.7. The molecule has 1 aromatic rings. The maximum absolute atomic E-state index is 12.0. The van der Waals surface area contributed by atoms with E-state index in [1.54, 1.807) is 26.8 Å². The number of nitrogens with two attached hydrogens (primary N) is 1. The van der Waals surface area contributed by atoms with Crippen molar-refractivity contribution in [1.82, 2.24) is 0 Å². The van der Waals surface area contributed by atoms with Crippen molar-refractivity contribution < 1.29 is 13.2 Å². The molecule has 2 N–H and O–H groups in total. The Morgan fingerprint density at radius 3 is 2.48 bits per heavy atom. The lowest BCUT2D eigenvalue weighted by molar-refractivity contribution is 0.337. The summed E-state index contributed by atoms with van der Waals surface area (Å²) in [5.74, 6) is 6.42. The maximum atomic E-state index is 12.0. The fourth-order valence-electron chi connectivity index (χ4n) is 1.61. The number of rotatable bonds is 4. The first kappa shape index (κ1) is 17.5. The van der Waals surface area contributed by atoms with E-state index < -0.39 is 14.6 Å². The molecule has 0 saturated carbocycles. The van der Waals surface area contributed by atoms with E-state index in [-0.39, 0.29) is 12.4 Å². The quantitative estimate of drug-likeness (QED) is 0.862. The summed E-state index contributed by atoms with van der Waals surface area (Å²) >= 11 is 0. The molecule has 0 heterocycles. The van der Waals surface area contributed by atoms with Gasteiger partial charge in [-0.2, -0.15) is 0 Å². The van der Waals surface area contributed by atoms with Crippen LogP contribution >= 0.6 is 0 Å². The monoisotopic (exact) mass is 309 g/mol. The number of sulfone groups is 1. The lowest BCUT2D eigenvalue weighted by atomic mass is 10.1. The van der Waals surface area contributed by atoms with Gasteiger partial charge in [0.1, 0.15) is 12.4 Å². The number of aryl methyl sites for hydroxylation is 1. The molecule has 0 amide bonds. The molecule has 5 heteroatoms. The van der Waals surface area contributed by atoms with E-state index in [0.717, 1.165) is 11.1 Å². The first-order valence-electron chi connectivity index (χ1n) is 6.82. The smallest absolute Gasteiger partial charge is 0.158 e. The zero-order valence-electron chi connectivity index (χ0n) is 13.1. The summed E-state index contributed by atoms with van der Waals surface area (Å²) in [5.41, 5.74) is 7.12. The van der Waals surface area contributed by atoms with Gasteiger partial charge in [0.25, 0.3) is 0 Å². The average molecular weight is 309 g/mol. The van der Waals surface area contributed by atoms with Gasteiger partial charge in [-0.15, -0.1) is 0 Å². The fraction of sp³-hybridized carbons (Fsp3) is 0.500. The van der Waals surface area contributed by atoms with E-state index in [9.17, 15) is 8.42 Å². The molecule has 0 unspecified atom stereocenters. The van der Waals surface area contributed by atoms with Gasteiger partial charge in [-0.05, 0) is 51.5 Å². The summed E-state index contributed by atoms with van der Waals surface area (Å²) in [6, 6.07) is 5.54. The van der Waals surface area contributed by atoms with Crippen LogP contribution in [-0.4, -0.2) is 32.1 Å². The largest absolute Gasteiger partial charge is 0.492 e.